The molecule has 4 rings (SSSR count). The molecule has 2 N–H and O–H groups in total. The summed E-state index contributed by atoms with van der Waals surface area (Å²) < 4.78 is 10.6. The van der Waals surface area contributed by atoms with E-state index in [-0.39, 0.29) is 12.7 Å². The fraction of sp³-hybridized carbons (Fsp3) is 0.0455. The van der Waals surface area contributed by atoms with E-state index in [1.54, 1.807) is 66.7 Å². The molecule has 1 heterocycles. The van der Waals surface area contributed by atoms with Crippen LogP contribution in [0.2, 0.25) is 0 Å². The van der Waals surface area contributed by atoms with E-state index in [2.05, 4.69) is 15.8 Å². The van der Waals surface area contributed by atoms with Crippen molar-refractivity contribution in [3.63, 3.8) is 0 Å². The standard InChI is InChI=1S/C22H17N3O4/c26-21(16-6-2-1-3-7-16)24-18-9-5-4-8-17(18)22(27)25-23-13-15-10-11-19-20(12-15)29-14-28-19/h1-13H,14H2,(H,24,26)(H,25,27)/b23-13-. The lowest BCUT2D eigenvalue weighted by Crippen LogP contribution is -2.21. The summed E-state index contributed by atoms with van der Waals surface area (Å²) in [7, 11) is 0. The van der Waals surface area contributed by atoms with Gasteiger partial charge in [0.25, 0.3) is 11.8 Å². The number of amides is 2. The number of hydrogen-bond acceptors (Lipinski definition) is 5. The van der Waals surface area contributed by atoms with Gasteiger partial charge in [-0.15, -0.1) is 0 Å². The maximum Gasteiger partial charge on any atom is 0.273 e. The summed E-state index contributed by atoms with van der Waals surface area (Å²) in [4.78, 5) is 24.9. The predicted octanol–water partition coefficient (Wildman–Crippen LogP) is 3.43. The Kier molecular flexibility index (Phi) is 5.20. The third-order valence-electron chi connectivity index (χ3n) is 4.23. The summed E-state index contributed by atoms with van der Waals surface area (Å²) in [5.41, 5.74) is 4.43. The van der Waals surface area contributed by atoms with Crippen LogP contribution in [0.5, 0.6) is 11.5 Å². The average molecular weight is 387 g/mol. The average Bonchev–Trinajstić information content (AvgIpc) is 3.22. The number of anilines is 1. The molecule has 7 heteroatoms. The second-order valence-electron chi connectivity index (χ2n) is 6.18. The number of rotatable bonds is 5. The summed E-state index contributed by atoms with van der Waals surface area (Å²) in [5.74, 6) is 0.573. The number of hydrazone groups is 1. The van der Waals surface area contributed by atoms with Crippen LogP contribution >= 0.6 is 0 Å². The SMILES string of the molecule is O=C(Nc1ccccc1C(=O)N/N=C\c1ccc2c(c1)OCO2)c1ccccc1. The van der Waals surface area contributed by atoms with Crippen LogP contribution in [0.3, 0.4) is 0 Å². The predicted molar refractivity (Wildman–Crippen MR) is 108 cm³/mol. The van der Waals surface area contributed by atoms with Crippen molar-refractivity contribution in [3.05, 3.63) is 89.5 Å². The third-order valence-corrected chi connectivity index (χ3v) is 4.23. The zero-order chi connectivity index (χ0) is 20.1. The molecule has 3 aromatic rings. The van der Waals surface area contributed by atoms with Crippen molar-refractivity contribution in [2.24, 2.45) is 5.10 Å². The molecule has 0 aromatic heterocycles. The van der Waals surface area contributed by atoms with Gasteiger partial charge < -0.3 is 14.8 Å². The Bertz CT molecular complexity index is 1080. The molecule has 0 saturated carbocycles. The zero-order valence-corrected chi connectivity index (χ0v) is 15.3. The molecule has 2 amide bonds. The largest absolute Gasteiger partial charge is 0.454 e. The molecule has 0 radical (unpaired) electrons. The molecule has 0 fully saturated rings. The van der Waals surface area contributed by atoms with E-state index < -0.39 is 5.91 Å². The Morgan fingerprint density at radius 2 is 1.62 bits per heavy atom. The van der Waals surface area contributed by atoms with E-state index in [1.807, 2.05) is 6.07 Å². The molecule has 3 aromatic carbocycles. The van der Waals surface area contributed by atoms with Crippen molar-refractivity contribution in [2.45, 2.75) is 0 Å². The van der Waals surface area contributed by atoms with E-state index >= 15 is 0 Å². The molecule has 0 spiro atoms. The number of nitrogens with one attached hydrogen (secondary N) is 2. The molecule has 0 atom stereocenters. The van der Waals surface area contributed by atoms with Crippen molar-refractivity contribution in [3.8, 4) is 11.5 Å². The van der Waals surface area contributed by atoms with E-state index in [9.17, 15) is 9.59 Å². The number of hydrogen-bond donors (Lipinski definition) is 2. The molecule has 1 aliphatic rings. The molecule has 144 valence electrons. The van der Waals surface area contributed by atoms with Crippen LogP contribution < -0.4 is 20.2 Å². The first kappa shape index (κ1) is 18.2. The third kappa shape index (κ3) is 4.24. The smallest absolute Gasteiger partial charge is 0.273 e. The van der Waals surface area contributed by atoms with Gasteiger partial charge in [0.15, 0.2) is 11.5 Å². The van der Waals surface area contributed by atoms with Crippen LogP contribution in [0.4, 0.5) is 5.69 Å². The molecular formula is C22H17N3O4. The van der Waals surface area contributed by atoms with Gasteiger partial charge in [-0.05, 0) is 48.0 Å². The molecule has 7 nitrogen and oxygen atoms in total. The number of carbonyl (C=O) groups excluding carboxylic acids is 2. The number of benzene rings is 3. The lowest BCUT2D eigenvalue weighted by atomic mass is 10.1. The number of nitrogens with zero attached hydrogens (tertiary/aromatic N) is 1. The first-order chi connectivity index (χ1) is 14.2. The minimum atomic E-state index is -0.439. The lowest BCUT2D eigenvalue weighted by molar-refractivity contribution is 0.0956. The van der Waals surface area contributed by atoms with Gasteiger partial charge in [0.1, 0.15) is 0 Å². The quantitative estimate of drug-likeness (QED) is 0.519. The zero-order valence-electron chi connectivity index (χ0n) is 15.3. The maximum atomic E-state index is 12.5. The molecular weight excluding hydrogens is 370 g/mol. The number of fused-ring (bicyclic) bond motifs is 1. The van der Waals surface area contributed by atoms with Crippen molar-refractivity contribution < 1.29 is 19.1 Å². The van der Waals surface area contributed by atoms with E-state index in [1.165, 1.54) is 6.21 Å². The summed E-state index contributed by atoms with van der Waals surface area (Å²) in [6.07, 6.45) is 1.50. The van der Waals surface area contributed by atoms with E-state index in [0.717, 1.165) is 5.56 Å². The molecule has 0 saturated heterocycles. The molecule has 0 bridgehead atoms. The van der Waals surface area contributed by atoms with Crippen LogP contribution in [0.15, 0.2) is 77.9 Å². The highest BCUT2D eigenvalue weighted by molar-refractivity contribution is 6.09. The van der Waals surface area contributed by atoms with Crippen molar-refractivity contribution in [1.82, 2.24) is 5.43 Å². The lowest BCUT2D eigenvalue weighted by Gasteiger charge is -2.10. The Hall–Kier alpha value is -4.13. The maximum absolute atomic E-state index is 12.5. The summed E-state index contributed by atoms with van der Waals surface area (Å²) >= 11 is 0. The monoisotopic (exact) mass is 387 g/mol. The van der Waals surface area contributed by atoms with Gasteiger partial charge in [0.05, 0.1) is 17.5 Å². The minimum absolute atomic E-state index is 0.193. The molecule has 0 unspecified atom stereocenters. The molecule has 1 aliphatic heterocycles. The summed E-state index contributed by atoms with van der Waals surface area (Å²) in [6, 6.07) is 20.9. The number of ether oxygens (including phenoxy) is 2. The highest BCUT2D eigenvalue weighted by Crippen LogP contribution is 2.31. The second-order valence-corrected chi connectivity index (χ2v) is 6.18. The fourth-order valence-corrected chi connectivity index (χ4v) is 2.79. The second kappa shape index (κ2) is 8.26. The van der Waals surface area contributed by atoms with Crippen LogP contribution in [0.25, 0.3) is 0 Å². The Balaban J connectivity index is 1.44. The van der Waals surface area contributed by atoms with Crippen molar-refractivity contribution in [2.75, 3.05) is 12.1 Å². The van der Waals surface area contributed by atoms with E-state index in [0.29, 0.717) is 28.3 Å². The molecule has 0 aliphatic carbocycles. The van der Waals surface area contributed by atoms with Crippen LogP contribution in [-0.4, -0.2) is 24.8 Å². The van der Waals surface area contributed by atoms with Gasteiger partial charge in [-0.1, -0.05) is 30.3 Å². The normalized spacial score (nSPS) is 12.0. The highest BCUT2D eigenvalue weighted by Gasteiger charge is 2.14. The topological polar surface area (TPSA) is 89.0 Å². The minimum Gasteiger partial charge on any atom is -0.454 e. The summed E-state index contributed by atoms with van der Waals surface area (Å²) in [6.45, 7) is 0.193. The Morgan fingerprint density at radius 1 is 0.862 bits per heavy atom. The van der Waals surface area contributed by atoms with Gasteiger partial charge in [-0.3, -0.25) is 9.59 Å². The van der Waals surface area contributed by atoms with Crippen molar-refractivity contribution in [1.29, 1.82) is 0 Å². The first-order valence-corrected chi connectivity index (χ1v) is 8.89. The van der Waals surface area contributed by atoms with Crippen LogP contribution in [-0.2, 0) is 0 Å². The summed E-state index contributed by atoms with van der Waals surface area (Å²) in [5, 5.41) is 6.75. The fourth-order valence-electron chi connectivity index (χ4n) is 2.79. The van der Waals surface area contributed by atoms with Gasteiger partial charge in [-0.25, -0.2) is 5.43 Å². The first-order valence-electron chi connectivity index (χ1n) is 8.89. The van der Waals surface area contributed by atoms with E-state index in [4.69, 9.17) is 9.47 Å². The number of para-hydroxylation sites is 1. The van der Waals surface area contributed by atoms with Gasteiger partial charge in [0, 0.05) is 5.56 Å². The highest BCUT2D eigenvalue weighted by atomic mass is 16.7. The van der Waals surface area contributed by atoms with Crippen LogP contribution in [0, 0.1) is 0 Å². The molecule has 29 heavy (non-hydrogen) atoms. The Morgan fingerprint density at radius 3 is 2.48 bits per heavy atom. The van der Waals surface area contributed by atoms with Gasteiger partial charge >= 0.3 is 0 Å². The van der Waals surface area contributed by atoms with Crippen LogP contribution in [0.1, 0.15) is 26.3 Å². The van der Waals surface area contributed by atoms with Crippen molar-refractivity contribution >= 4 is 23.7 Å². The van der Waals surface area contributed by atoms with Gasteiger partial charge in [0.2, 0.25) is 6.79 Å². The Labute approximate surface area is 167 Å². The van der Waals surface area contributed by atoms with Gasteiger partial charge in [-0.2, -0.15) is 5.10 Å². The number of carbonyl (C=O) groups is 2.